The highest BCUT2D eigenvalue weighted by atomic mass is 16.5. The number of ether oxygens (including phenoxy) is 1. The summed E-state index contributed by atoms with van der Waals surface area (Å²) in [6, 6.07) is 6.28. The Balaban J connectivity index is 1.97. The summed E-state index contributed by atoms with van der Waals surface area (Å²) in [7, 11) is 0. The smallest absolute Gasteiger partial charge is 0.124 e. The van der Waals surface area contributed by atoms with Crippen LogP contribution in [0, 0.1) is 6.92 Å². The molecule has 0 aromatic heterocycles. The number of anilines is 2. The minimum Gasteiger partial charge on any atom is -0.374 e. The highest BCUT2D eigenvalue weighted by Crippen LogP contribution is 2.27. The molecule has 1 aliphatic rings. The van der Waals surface area contributed by atoms with Gasteiger partial charge in [-0.2, -0.15) is 0 Å². The fourth-order valence-electron chi connectivity index (χ4n) is 3.22. The summed E-state index contributed by atoms with van der Waals surface area (Å²) >= 11 is 0. The van der Waals surface area contributed by atoms with E-state index < -0.39 is 6.23 Å². The molecule has 0 amide bonds. The first-order valence-corrected chi connectivity index (χ1v) is 8.65. The molecule has 0 bridgehead atoms. The molecule has 1 aromatic carbocycles. The van der Waals surface area contributed by atoms with Crippen molar-refractivity contribution in [3.8, 4) is 0 Å². The maximum Gasteiger partial charge on any atom is 0.124 e. The van der Waals surface area contributed by atoms with Crippen LogP contribution in [0.4, 0.5) is 11.4 Å². The maximum atomic E-state index is 10.0. The van der Waals surface area contributed by atoms with Gasteiger partial charge in [-0.05, 0) is 70.3 Å². The SMILES string of the molecule is Cc1cc(NC(O)CCCCN)ccc1N1C[C@@H](C)O[C@@H](C)C1. The number of hydrogen-bond donors (Lipinski definition) is 3. The van der Waals surface area contributed by atoms with Gasteiger partial charge >= 0.3 is 0 Å². The molecule has 1 heterocycles. The van der Waals surface area contributed by atoms with E-state index in [2.05, 4.69) is 43.1 Å². The fraction of sp³-hybridized carbons (Fsp3) is 0.667. The molecule has 1 fully saturated rings. The summed E-state index contributed by atoms with van der Waals surface area (Å²) in [6.45, 7) is 8.86. The molecule has 1 aromatic rings. The molecule has 0 saturated carbocycles. The van der Waals surface area contributed by atoms with E-state index in [1.807, 2.05) is 6.07 Å². The molecule has 5 nitrogen and oxygen atoms in total. The number of unbranched alkanes of at least 4 members (excludes halogenated alkanes) is 1. The van der Waals surface area contributed by atoms with Gasteiger partial charge in [0.1, 0.15) is 6.23 Å². The fourth-order valence-corrected chi connectivity index (χ4v) is 3.22. The molecule has 1 unspecified atom stereocenters. The first-order chi connectivity index (χ1) is 11.0. The quantitative estimate of drug-likeness (QED) is 0.531. The van der Waals surface area contributed by atoms with Crippen molar-refractivity contribution < 1.29 is 9.84 Å². The zero-order chi connectivity index (χ0) is 16.8. The van der Waals surface area contributed by atoms with E-state index in [0.717, 1.165) is 38.0 Å². The molecule has 0 aliphatic carbocycles. The standard InChI is InChI=1S/C18H31N3O2/c1-13-10-16(20-18(22)6-4-5-9-19)7-8-17(13)21-11-14(2)23-15(3)12-21/h7-8,10,14-15,18,20,22H,4-6,9,11-12,19H2,1-3H3/t14-,15+,18?. The predicted octanol–water partition coefficient (Wildman–Crippen LogP) is 2.47. The van der Waals surface area contributed by atoms with Crippen molar-refractivity contribution in [3.05, 3.63) is 23.8 Å². The van der Waals surface area contributed by atoms with E-state index in [0.29, 0.717) is 6.54 Å². The van der Waals surface area contributed by atoms with Crippen LogP contribution in [0.3, 0.4) is 0 Å². The van der Waals surface area contributed by atoms with Crippen molar-refractivity contribution in [2.24, 2.45) is 5.73 Å². The van der Waals surface area contributed by atoms with Crippen molar-refractivity contribution in [2.75, 3.05) is 29.9 Å². The van der Waals surface area contributed by atoms with Crippen molar-refractivity contribution in [1.82, 2.24) is 0 Å². The van der Waals surface area contributed by atoms with E-state index in [1.165, 1.54) is 11.3 Å². The maximum absolute atomic E-state index is 10.0. The van der Waals surface area contributed by atoms with Crippen LogP contribution in [0.15, 0.2) is 18.2 Å². The summed E-state index contributed by atoms with van der Waals surface area (Å²) in [5.41, 5.74) is 8.90. The summed E-state index contributed by atoms with van der Waals surface area (Å²) in [5, 5.41) is 13.2. The average Bonchev–Trinajstić information content (AvgIpc) is 2.46. The Hall–Kier alpha value is -1.30. The highest BCUT2D eigenvalue weighted by molar-refractivity contribution is 5.61. The number of aliphatic hydroxyl groups is 1. The predicted molar refractivity (Wildman–Crippen MR) is 95.9 cm³/mol. The molecule has 4 N–H and O–H groups in total. The third-order valence-electron chi connectivity index (χ3n) is 4.22. The van der Waals surface area contributed by atoms with Crippen molar-refractivity contribution >= 4 is 11.4 Å². The normalized spacial score (nSPS) is 22.9. The monoisotopic (exact) mass is 321 g/mol. The summed E-state index contributed by atoms with van der Waals surface area (Å²) in [4.78, 5) is 2.38. The molecule has 1 aliphatic heterocycles. The van der Waals surface area contributed by atoms with Crippen LogP contribution < -0.4 is 16.0 Å². The van der Waals surface area contributed by atoms with Gasteiger partial charge in [0.2, 0.25) is 0 Å². The third kappa shape index (κ3) is 5.37. The summed E-state index contributed by atoms with van der Waals surface area (Å²) in [6.07, 6.45) is 2.59. The molecule has 5 heteroatoms. The second kappa shape index (κ2) is 8.52. The van der Waals surface area contributed by atoms with Gasteiger partial charge < -0.3 is 25.8 Å². The van der Waals surface area contributed by atoms with Gasteiger partial charge in [0, 0.05) is 24.5 Å². The van der Waals surface area contributed by atoms with Crippen LogP contribution in [0.2, 0.25) is 0 Å². The van der Waals surface area contributed by atoms with Crippen LogP contribution in [0.5, 0.6) is 0 Å². The van der Waals surface area contributed by atoms with Gasteiger partial charge in [0.15, 0.2) is 0 Å². The first kappa shape index (κ1) is 18.0. The number of nitrogens with two attached hydrogens (primary N) is 1. The Labute approximate surface area is 139 Å². The highest BCUT2D eigenvalue weighted by Gasteiger charge is 2.23. The number of rotatable bonds is 7. The number of nitrogens with one attached hydrogen (secondary N) is 1. The van der Waals surface area contributed by atoms with E-state index in [9.17, 15) is 5.11 Å². The van der Waals surface area contributed by atoms with E-state index >= 15 is 0 Å². The Morgan fingerprint density at radius 1 is 1.30 bits per heavy atom. The Bertz CT molecular complexity index is 485. The van der Waals surface area contributed by atoms with Crippen molar-refractivity contribution in [2.45, 2.75) is 58.5 Å². The van der Waals surface area contributed by atoms with E-state index in [4.69, 9.17) is 10.5 Å². The summed E-state index contributed by atoms with van der Waals surface area (Å²) in [5.74, 6) is 0. The lowest BCUT2D eigenvalue weighted by Crippen LogP contribution is -2.45. The average molecular weight is 321 g/mol. The topological polar surface area (TPSA) is 70.8 Å². The molecular weight excluding hydrogens is 290 g/mol. The first-order valence-electron chi connectivity index (χ1n) is 8.65. The van der Waals surface area contributed by atoms with Crippen LogP contribution in [-0.2, 0) is 4.74 Å². The largest absolute Gasteiger partial charge is 0.374 e. The van der Waals surface area contributed by atoms with Crippen molar-refractivity contribution in [3.63, 3.8) is 0 Å². The molecule has 130 valence electrons. The Kier molecular flexibility index (Phi) is 6.69. The zero-order valence-corrected chi connectivity index (χ0v) is 14.6. The molecule has 2 rings (SSSR count). The summed E-state index contributed by atoms with van der Waals surface area (Å²) < 4.78 is 5.80. The molecular formula is C18H31N3O2. The lowest BCUT2D eigenvalue weighted by atomic mass is 10.1. The van der Waals surface area contributed by atoms with Gasteiger partial charge in [0.05, 0.1) is 12.2 Å². The zero-order valence-electron chi connectivity index (χ0n) is 14.6. The van der Waals surface area contributed by atoms with E-state index in [1.54, 1.807) is 0 Å². The molecule has 0 radical (unpaired) electrons. The van der Waals surface area contributed by atoms with E-state index in [-0.39, 0.29) is 12.2 Å². The van der Waals surface area contributed by atoms with Crippen LogP contribution in [0.1, 0.15) is 38.7 Å². The minimum atomic E-state index is -0.518. The second-order valence-electron chi connectivity index (χ2n) is 6.61. The van der Waals surface area contributed by atoms with Gasteiger partial charge in [0.25, 0.3) is 0 Å². The minimum absolute atomic E-state index is 0.250. The lowest BCUT2D eigenvalue weighted by Gasteiger charge is -2.37. The molecule has 3 atom stereocenters. The van der Waals surface area contributed by atoms with Gasteiger partial charge in [-0.25, -0.2) is 0 Å². The Morgan fingerprint density at radius 3 is 2.61 bits per heavy atom. The van der Waals surface area contributed by atoms with Gasteiger partial charge in [-0.3, -0.25) is 0 Å². The third-order valence-corrected chi connectivity index (χ3v) is 4.22. The number of aliphatic hydroxyl groups excluding tert-OH is 1. The molecule has 0 spiro atoms. The van der Waals surface area contributed by atoms with Gasteiger partial charge in [-0.15, -0.1) is 0 Å². The molecule has 1 saturated heterocycles. The van der Waals surface area contributed by atoms with Crippen LogP contribution >= 0.6 is 0 Å². The van der Waals surface area contributed by atoms with Crippen molar-refractivity contribution in [1.29, 1.82) is 0 Å². The molecule has 23 heavy (non-hydrogen) atoms. The lowest BCUT2D eigenvalue weighted by molar-refractivity contribution is -0.00524. The van der Waals surface area contributed by atoms with Crippen LogP contribution in [-0.4, -0.2) is 43.2 Å². The number of morpholine rings is 1. The van der Waals surface area contributed by atoms with Gasteiger partial charge in [-0.1, -0.05) is 0 Å². The number of nitrogens with zero attached hydrogens (tertiary/aromatic N) is 1. The number of aryl methyl sites for hydroxylation is 1. The Morgan fingerprint density at radius 2 is 2.00 bits per heavy atom. The number of benzene rings is 1. The van der Waals surface area contributed by atoms with Crippen LogP contribution in [0.25, 0.3) is 0 Å². The second-order valence-corrected chi connectivity index (χ2v) is 6.61. The number of hydrogen-bond acceptors (Lipinski definition) is 5.